The number of carbonyl (C=O) groups is 1. The number of sulfonamides is 1. The van der Waals surface area contributed by atoms with Gasteiger partial charge in [-0.2, -0.15) is 17.5 Å². The van der Waals surface area contributed by atoms with E-state index in [0.29, 0.717) is 29.8 Å². The molecule has 3 rings (SSSR count). The molecule has 0 radical (unpaired) electrons. The molecule has 2 aliphatic rings. The van der Waals surface area contributed by atoms with Gasteiger partial charge in [0.05, 0.1) is 12.7 Å². The zero-order chi connectivity index (χ0) is 21.7. The summed E-state index contributed by atoms with van der Waals surface area (Å²) in [7, 11) is -3.36. The zero-order valence-corrected chi connectivity index (χ0v) is 17.2. The maximum Gasteiger partial charge on any atom is 0.490 e. The number of fused-ring (bicyclic) bond motifs is 1. The number of aliphatic carboxylic acids is 1. The number of carboxylic acid groups (broad SMARTS) is 1. The van der Waals surface area contributed by atoms with Crippen LogP contribution in [-0.2, 0) is 19.6 Å². The van der Waals surface area contributed by atoms with Crippen LogP contribution in [0, 0.1) is 5.92 Å². The third-order valence-electron chi connectivity index (χ3n) is 4.61. The lowest BCUT2D eigenvalue weighted by molar-refractivity contribution is -0.192. The van der Waals surface area contributed by atoms with Crippen molar-refractivity contribution in [3.05, 3.63) is 30.2 Å². The average molecular weight is 457 g/mol. The Morgan fingerprint density at radius 3 is 2.62 bits per heavy atom. The number of carboxylic acids is 1. The van der Waals surface area contributed by atoms with Crippen LogP contribution in [0.15, 0.2) is 34.4 Å². The van der Waals surface area contributed by atoms with Gasteiger partial charge in [0.15, 0.2) is 0 Å². The number of piperidine rings is 1. The van der Waals surface area contributed by atoms with Crippen molar-refractivity contribution in [2.24, 2.45) is 5.92 Å². The first-order chi connectivity index (χ1) is 13.6. The van der Waals surface area contributed by atoms with Crippen LogP contribution in [0.4, 0.5) is 13.2 Å². The lowest BCUT2D eigenvalue weighted by Crippen LogP contribution is -2.48. The van der Waals surface area contributed by atoms with Crippen molar-refractivity contribution in [2.45, 2.75) is 22.9 Å². The van der Waals surface area contributed by atoms with Crippen molar-refractivity contribution in [3.8, 4) is 0 Å². The first-order valence-corrected chi connectivity index (χ1v) is 11.2. The molecule has 164 valence electrons. The van der Waals surface area contributed by atoms with Crippen molar-refractivity contribution in [2.75, 3.05) is 39.3 Å². The fourth-order valence-electron chi connectivity index (χ4n) is 3.19. The molecule has 3 heterocycles. The number of hydrogen-bond acceptors (Lipinski definition) is 6. The summed E-state index contributed by atoms with van der Waals surface area (Å²) >= 11 is 1.27. The van der Waals surface area contributed by atoms with Gasteiger partial charge in [-0.1, -0.05) is 12.1 Å². The van der Waals surface area contributed by atoms with Gasteiger partial charge in [-0.25, -0.2) is 13.2 Å². The van der Waals surface area contributed by atoms with Crippen LogP contribution in [0.1, 0.15) is 6.42 Å². The van der Waals surface area contributed by atoms with Crippen LogP contribution in [-0.4, -0.2) is 80.3 Å². The summed E-state index contributed by atoms with van der Waals surface area (Å²) in [5.41, 5.74) is 0. The highest BCUT2D eigenvalue weighted by atomic mass is 32.2. The smallest absolute Gasteiger partial charge is 0.475 e. The van der Waals surface area contributed by atoms with Gasteiger partial charge in [0.1, 0.15) is 4.21 Å². The van der Waals surface area contributed by atoms with Crippen molar-refractivity contribution in [3.63, 3.8) is 0 Å². The number of ether oxygens (including phenoxy) is 1. The third-order valence-corrected chi connectivity index (χ3v) is 7.85. The molecule has 0 saturated carbocycles. The summed E-state index contributed by atoms with van der Waals surface area (Å²) in [5.74, 6) is -2.36. The summed E-state index contributed by atoms with van der Waals surface area (Å²) in [6.45, 7) is 8.20. The van der Waals surface area contributed by atoms with Gasteiger partial charge < -0.3 is 9.84 Å². The molecule has 1 N–H and O–H groups in total. The molecule has 0 aliphatic carbocycles. The number of alkyl halides is 3. The average Bonchev–Trinajstić information content (AvgIpc) is 3.11. The molecule has 0 unspecified atom stereocenters. The maximum atomic E-state index is 12.6. The number of nitrogens with zero attached hydrogens (tertiary/aromatic N) is 2. The number of hydrogen-bond donors (Lipinski definition) is 1. The Labute approximate surface area is 171 Å². The van der Waals surface area contributed by atoms with E-state index >= 15 is 0 Å². The second kappa shape index (κ2) is 10.0. The van der Waals surface area contributed by atoms with E-state index in [0.717, 1.165) is 26.1 Å². The Morgan fingerprint density at radius 2 is 2.07 bits per heavy atom. The van der Waals surface area contributed by atoms with Gasteiger partial charge in [0, 0.05) is 38.6 Å². The van der Waals surface area contributed by atoms with Crippen LogP contribution in [0.5, 0.6) is 0 Å². The van der Waals surface area contributed by atoms with E-state index in [-0.39, 0.29) is 6.10 Å². The van der Waals surface area contributed by atoms with E-state index in [2.05, 4.69) is 11.5 Å². The largest absolute Gasteiger partial charge is 0.490 e. The Balaban J connectivity index is 0.000000370. The molecule has 0 aromatic carbocycles. The highest BCUT2D eigenvalue weighted by Gasteiger charge is 2.39. The Morgan fingerprint density at radius 1 is 1.38 bits per heavy atom. The van der Waals surface area contributed by atoms with Crippen LogP contribution in [0.3, 0.4) is 0 Å². The lowest BCUT2D eigenvalue weighted by atomic mass is 9.94. The first kappa shape index (κ1) is 23.8. The van der Waals surface area contributed by atoms with Gasteiger partial charge >= 0.3 is 12.1 Å². The maximum absolute atomic E-state index is 12.6. The van der Waals surface area contributed by atoms with Crippen LogP contribution < -0.4 is 0 Å². The van der Waals surface area contributed by atoms with E-state index < -0.39 is 22.2 Å². The van der Waals surface area contributed by atoms with E-state index in [4.69, 9.17) is 14.6 Å². The predicted molar refractivity (Wildman–Crippen MR) is 101 cm³/mol. The molecule has 1 aromatic rings. The number of rotatable bonds is 4. The molecule has 2 atom stereocenters. The van der Waals surface area contributed by atoms with Crippen LogP contribution in [0.25, 0.3) is 0 Å². The van der Waals surface area contributed by atoms with Crippen LogP contribution in [0.2, 0.25) is 0 Å². The summed E-state index contributed by atoms with van der Waals surface area (Å²) in [6.07, 6.45) is -2.32. The third kappa shape index (κ3) is 6.51. The summed E-state index contributed by atoms with van der Waals surface area (Å²) in [5, 5.41) is 8.93. The molecule has 7 nitrogen and oxygen atoms in total. The molecule has 2 aliphatic heterocycles. The quantitative estimate of drug-likeness (QED) is 0.700. The molecule has 2 saturated heterocycles. The monoisotopic (exact) mass is 456 g/mol. The first-order valence-electron chi connectivity index (χ1n) is 8.84. The Hall–Kier alpha value is -1.47. The minimum atomic E-state index is -5.08. The molecule has 0 bridgehead atoms. The minimum Gasteiger partial charge on any atom is -0.475 e. The van der Waals surface area contributed by atoms with Crippen molar-refractivity contribution >= 4 is 27.3 Å². The van der Waals surface area contributed by atoms with E-state index in [1.165, 1.54) is 11.3 Å². The summed E-state index contributed by atoms with van der Waals surface area (Å²) < 4.78 is 65.0. The molecule has 2 fully saturated rings. The van der Waals surface area contributed by atoms with Crippen molar-refractivity contribution in [1.29, 1.82) is 0 Å². The molecule has 29 heavy (non-hydrogen) atoms. The van der Waals surface area contributed by atoms with Gasteiger partial charge in [-0.3, -0.25) is 4.90 Å². The lowest BCUT2D eigenvalue weighted by Gasteiger charge is -2.37. The van der Waals surface area contributed by atoms with E-state index in [9.17, 15) is 21.6 Å². The molecular formula is C17H23F3N2O5S2. The second-order valence-corrected chi connectivity index (χ2v) is 9.72. The van der Waals surface area contributed by atoms with Crippen molar-refractivity contribution in [1.82, 2.24) is 9.21 Å². The van der Waals surface area contributed by atoms with Crippen LogP contribution >= 0.6 is 11.3 Å². The molecule has 12 heteroatoms. The van der Waals surface area contributed by atoms with Gasteiger partial charge in [-0.05, 0) is 17.9 Å². The highest BCUT2D eigenvalue weighted by molar-refractivity contribution is 7.91. The fraction of sp³-hybridized carbons (Fsp3) is 0.588. The molecule has 0 spiro atoms. The SMILES string of the molecule is C=CCN1CCO[C@@H]2CN(S(=O)(=O)c3cccs3)CC[C@@H]2C1.O=C(O)C(F)(F)F. The Kier molecular flexibility index (Phi) is 8.23. The van der Waals surface area contributed by atoms with Gasteiger partial charge in [-0.15, -0.1) is 17.9 Å². The summed E-state index contributed by atoms with van der Waals surface area (Å²) in [4.78, 5) is 11.2. The highest BCUT2D eigenvalue weighted by Crippen LogP contribution is 2.29. The number of halogens is 3. The number of thiophene rings is 1. The fourth-order valence-corrected chi connectivity index (χ4v) is 5.81. The molecule has 0 amide bonds. The predicted octanol–water partition coefficient (Wildman–Crippen LogP) is 2.28. The standard InChI is InChI=1S/C15H22N2O3S2.C2HF3O2/c1-2-6-16-8-9-20-14-12-17(7-5-13(14)11-16)22(18,19)15-4-3-10-21-15;3-2(4,5)1(6)7/h2-4,10,13-14H,1,5-9,11-12H2;(H,6,7)/t13-,14-;/m1./s1. The van der Waals surface area contributed by atoms with E-state index in [1.807, 2.05) is 6.08 Å². The Bertz CT molecular complexity index is 783. The van der Waals surface area contributed by atoms with Crippen molar-refractivity contribution < 1.29 is 36.2 Å². The van der Waals surface area contributed by atoms with E-state index in [1.54, 1.807) is 21.8 Å². The normalized spacial score (nSPS) is 24.0. The zero-order valence-electron chi connectivity index (χ0n) is 15.5. The molecule has 1 aromatic heterocycles. The van der Waals surface area contributed by atoms with Gasteiger partial charge in [0.2, 0.25) is 0 Å². The topological polar surface area (TPSA) is 87.2 Å². The minimum absolute atomic E-state index is 0.00157. The second-order valence-electron chi connectivity index (χ2n) is 6.60. The van der Waals surface area contributed by atoms with Gasteiger partial charge in [0.25, 0.3) is 10.0 Å². The summed E-state index contributed by atoms with van der Waals surface area (Å²) in [6, 6.07) is 3.45. The molecular weight excluding hydrogens is 433 g/mol.